The highest BCUT2D eigenvalue weighted by atomic mass is 35.5. The van der Waals surface area contributed by atoms with Crippen LogP contribution in [0.2, 0.25) is 10.0 Å². The molecule has 27 heavy (non-hydrogen) atoms. The topological polar surface area (TPSA) is 108 Å². The van der Waals surface area contributed by atoms with Crippen LogP contribution in [0.3, 0.4) is 0 Å². The molecule has 146 valence electrons. The smallest absolute Gasteiger partial charge is 0.307 e. The average molecular weight is 451 g/mol. The maximum atomic E-state index is 11.3. The number of nitrogens with zero attached hydrogens (tertiary/aromatic N) is 1. The summed E-state index contributed by atoms with van der Waals surface area (Å²) in [6.45, 7) is -0.524. The molecule has 0 spiro atoms. The summed E-state index contributed by atoms with van der Waals surface area (Å²) < 4.78 is 0. The number of carbonyl (C=O) groups excluding carboxylic acids is 1. The lowest BCUT2D eigenvalue weighted by Crippen LogP contribution is -2.22. The van der Waals surface area contributed by atoms with Gasteiger partial charge in [0.05, 0.1) is 34.5 Å². The number of carboxylic acids is 1. The van der Waals surface area contributed by atoms with Gasteiger partial charge in [-0.1, -0.05) is 40.1 Å². The van der Waals surface area contributed by atoms with Gasteiger partial charge < -0.3 is 20.4 Å². The van der Waals surface area contributed by atoms with E-state index in [0.717, 1.165) is 4.90 Å². The molecule has 0 aliphatic carbocycles. The number of rotatable bonds is 7. The fraction of sp³-hybridized carbons (Fsp3) is 0.312. The maximum absolute atomic E-state index is 11.3. The molecule has 1 aliphatic heterocycles. The minimum Gasteiger partial charge on any atom is -0.481 e. The molecule has 1 aliphatic rings. The summed E-state index contributed by atoms with van der Waals surface area (Å²) in [5.41, 5.74) is 0.345. The van der Waals surface area contributed by atoms with Crippen LogP contribution in [0.1, 0.15) is 6.42 Å². The fourth-order valence-electron chi connectivity index (χ4n) is 2.11. The van der Waals surface area contributed by atoms with Crippen molar-refractivity contribution < 1.29 is 24.6 Å². The Bertz CT molecular complexity index is 801. The minimum absolute atomic E-state index is 0.231. The van der Waals surface area contributed by atoms with Crippen molar-refractivity contribution in [3.63, 3.8) is 0 Å². The number of nitrogens with one attached hydrogen (secondary N) is 1. The van der Waals surface area contributed by atoms with Crippen LogP contribution in [0, 0.1) is 0 Å². The first-order valence-corrected chi connectivity index (χ1v) is 10.1. The largest absolute Gasteiger partial charge is 0.481 e. The predicted molar refractivity (Wildman–Crippen MR) is 107 cm³/mol. The van der Waals surface area contributed by atoms with E-state index in [1.165, 1.54) is 36.8 Å². The number of hydrogen-bond acceptors (Lipinski definition) is 7. The third-order valence-corrected chi connectivity index (χ3v) is 7.22. The van der Waals surface area contributed by atoms with Crippen LogP contribution >= 0.6 is 46.7 Å². The molecular formula is C16H16Cl2N2O5S2. The van der Waals surface area contributed by atoms with Gasteiger partial charge in [0.15, 0.2) is 6.61 Å². The van der Waals surface area contributed by atoms with Crippen LogP contribution in [0.15, 0.2) is 37.6 Å². The molecule has 0 saturated heterocycles. The summed E-state index contributed by atoms with van der Waals surface area (Å²) in [6.07, 6.45) is 0.909. The normalized spacial score (nSPS) is 18.1. The van der Waals surface area contributed by atoms with E-state index in [4.69, 9.17) is 28.0 Å². The summed E-state index contributed by atoms with van der Waals surface area (Å²) in [5, 5.41) is 25.6. The van der Waals surface area contributed by atoms with Crippen LogP contribution in [-0.2, 0) is 14.4 Å². The van der Waals surface area contributed by atoms with E-state index in [1.54, 1.807) is 12.1 Å². The molecule has 0 saturated carbocycles. The molecule has 1 amide bonds. The molecule has 1 aromatic carbocycles. The Morgan fingerprint density at radius 1 is 1.33 bits per heavy atom. The van der Waals surface area contributed by atoms with Gasteiger partial charge in [-0.25, -0.2) is 0 Å². The zero-order valence-corrected chi connectivity index (χ0v) is 17.2. The van der Waals surface area contributed by atoms with E-state index in [2.05, 4.69) is 10.5 Å². The fourth-order valence-corrected chi connectivity index (χ4v) is 5.41. The molecule has 2 rings (SSSR count). The first kappa shape index (κ1) is 21.9. The predicted octanol–water partition coefficient (Wildman–Crippen LogP) is 3.03. The molecule has 1 unspecified atom stereocenters. The quantitative estimate of drug-likeness (QED) is 0.432. The second-order valence-electron chi connectivity index (χ2n) is 5.22. The average Bonchev–Trinajstić information content (AvgIpc) is 2.65. The first-order valence-electron chi connectivity index (χ1n) is 7.61. The summed E-state index contributed by atoms with van der Waals surface area (Å²) in [5.74, 6) is -1.44. The highest BCUT2D eigenvalue weighted by Gasteiger charge is 2.30. The second-order valence-corrected chi connectivity index (χ2v) is 8.30. The number of carbonyl (C=O) groups is 2. The minimum atomic E-state index is -1.07. The molecule has 0 bridgehead atoms. The van der Waals surface area contributed by atoms with Crippen molar-refractivity contribution in [2.24, 2.45) is 5.16 Å². The first-order chi connectivity index (χ1) is 12.9. The van der Waals surface area contributed by atoms with Gasteiger partial charge in [-0.3, -0.25) is 9.59 Å². The zero-order chi connectivity index (χ0) is 20.0. The molecule has 7 nitrogen and oxygen atoms in total. The van der Waals surface area contributed by atoms with Gasteiger partial charge >= 0.3 is 5.97 Å². The van der Waals surface area contributed by atoms with E-state index < -0.39 is 11.2 Å². The van der Waals surface area contributed by atoms with Gasteiger partial charge in [0.1, 0.15) is 0 Å². The van der Waals surface area contributed by atoms with Crippen molar-refractivity contribution >= 4 is 64.8 Å². The third kappa shape index (κ3) is 5.79. The lowest BCUT2D eigenvalue weighted by atomic mass is 10.1. The number of amides is 1. The van der Waals surface area contributed by atoms with Gasteiger partial charge in [0, 0.05) is 21.7 Å². The van der Waals surface area contributed by atoms with Crippen molar-refractivity contribution in [1.82, 2.24) is 5.32 Å². The van der Waals surface area contributed by atoms with Crippen molar-refractivity contribution in [3.8, 4) is 0 Å². The number of likely N-dealkylation sites (N-methyl/N-ethyl adjacent to an activating group) is 1. The van der Waals surface area contributed by atoms with Crippen molar-refractivity contribution in [3.05, 3.63) is 32.7 Å². The van der Waals surface area contributed by atoms with Crippen molar-refractivity contribution in [2.45, 2.75) is 21.5 Å². The molecule has 1 heterocycles. The van der Waals surface area contributed by atoms with Crippen molar-refractivity contribution in [2.75, 3.05) is 20.3 Å². The monoisotopic (exact) mass is 450 g/mol. The Labute approximate surface area is 174 Å². The summed E-state index contributed by atoms with van der Waals surface area (Å²) in [4.78, 5) is 29.3. The summed E-state index contributed by atoms with van der Waals surface area (Å²) in [7, 11) is 1.46. The van der Waals surface area contributed by atoms with Crippen molar-refractivity contribution in [1.29, 1.82) is 0 Å². The summed E-state index contributed by atoms with van der Waals surface area (Å²) in [6, 6.07) is 3.33. The Morgan fingerprint density at radius 3 is 2.59 bits per heavy atom. The molecule has 3 N–H and O–H groups in total. The van der Waals surface area contributed by atoms with E-state index in [9.17, 15) is 19.8 Å². The van der Waals surface area contributed by atoms with Crippen LogP contribution < -0.4 is 5.32 Å². The number of aliphatic hydroxyl groups is 1. The van der Waals surface area contributed by atoms with E-state index >= 15 is 0 Å². The lowest BCUT2D eigenvalue weighted by molar-refractivity contribution is -0.136. The number of thioether (sulfide) groups is 2. The van der Waals surface area contributed by atoms with Gasteiger partial charge in [-0.2, -0.15) is 0 Å². The molecule has 11 heteroatoms. The number of halogens is 2. The SMILES string of the molecule is CNC(=O)CO/N=C/C(CC(=O)O)=C1\Sc2c(Cl)ccc(Cl)c2SC1CO. The Hall–Kier alpha value is -1.39. The number of hydrogen-bond donors (Lipinski definition) is 3. The molecule has 0 aromatic heterocycles. The maximum Gasteiger partial charge on any atom is 0.307 e. The highest BCUT2D eigenvalue weighted by Crippen LogP contribution is 2.53. The second kappa shape index (κ2) is 10.2. The molecule has 1 aromatic rings. The van der Waals surface area contributed by atoms with Crippen LogP contribution in [0.5, 0.6) is 0 Å². The Balaban J connectivity index is 2.39. The van der Waals surface area contributed by atoms with E-state index in [1.807, 2.05) is 0 Å². The van der Waals surface area contributed by atoms with Gasteiger partial charge in [0.2, 0.25) is 0 Å². The number of aliphatic carboxylic acids is 1. The molecular weight excluding hydrogens is 435 g/mol. The molecule has 0 radical (unpaired) electrons. The van der Waals surface area contributed by atoms with Crippen LogP contribution in [0.25, 0.3) is 0 Å². The van der Waals surface area contributed by atoms with E-state index in [-0.39, 0.29) is 25.5 Å². The number of aliphatic hydroxyl groups excluding tert-OH is 1. The summed E-state index contributed by atoms with van der Waals surface area (Å²) >= 11 is 15.0. The van der Waals surface area contributed by atoms with Gasteiger partial charge in [-0.15, -0.1) is 11.8 Å². The number of fused-ring (bicyclic) bond motifs is 1. The Kier molecular flexibility index (Phi) is 8.30. The standard InChI is InChI=1S/C16H16Cl2N2O5S2/c1-19-12(22)7-25-20-5-8(4-13(23)24)14-11(6-21)26-15-9(17)2-3-10(18)16(15)27-14/h2-3,5,11,21H,4,6-7H2,1H3,(H,19,22)(H,23,24)/b14-8-,20-5+. The number of benzene rings is 1. The third-order valence-electron chi connectivity index (χ3n) is 3.36. The Morgan fingerprint density at radius 2 is 2.00 bits per heavy atom. The molecule has 0 fully saturated rings. The van der Waals surface area contributed by atoms with Gasteiger partial charge in [0.25, 0.3) is 5.91 Å². The van der Waals surface area contributed by atoms with Gasteiger partial charge in [-0.05, 0) is 17.7 Å². The lowest BCUT2D eigenvalue weighted by Gasteiger charge is -2.28. The van der Waals surface area contributed by atoms with E-state index in [0.29, 0.717) is 25.4 Å². The molecule has 1 atom stereocenters. The number of carboxylic acid groups (broad SMARTS) is 1. The van der Waals surface area contributed by atoms with Crippen LogP contribution in [0.4, 0.5) is 0 Å². The van der Waals surface area contributed by atoms with Crippen LogP contribution in [-0.4, -0.2) is 53.8 Å². The zero-order valence-electron chi connectivity index (χ0n) is 14.1. The number of oxime groups is 1. The highest BCUT2D eigenvalue weighted by molar-refractivity contribution is 8.09.